The Morgan fingerprint density at radius 1 is 1.33 bits per heavy atom. The van der Waals surface area contributed by atoms with Crippen molar-refractivity contribution in [2.75, 3.05) is 0 Å². The molecule has 0 spiro atoms. The second kappa shape index (κ2) is 4.61. The smallest absolute Gasteiger partial charge is 0.425 e. The average Bonchev–Trinajstić information content (AvgIpc) is 2.27. The van der Waals surface area contributed by atoms with Crippen LogP contribution in [0, 0.1) is 0 Å². The third kappa shape index (κ3) is 2.64. The van der Waals surface area contributed by atoms with Gasteiger partial charge in [0, 0.05) is 15.8 Å². The maximum atomic E-state index is 12.4. The Kier molecular flexibility index (Phi) is 3.30. The highest BCUT2D eigenvalue weighted by Crippen LogP contribution is 2.29. The molecular weight excluding hydrogens is 269 g/mol. The van der Waals surface area contributed by atoms with Crippen LogP contribution < -0.4 is 4.74 Å². The molecule has 2 aromatic rings. The van der Waals surface area contributed by atoms with Gasteiger partial charge >= 0.3 is 6.18 Å². The number of halogens is 4. The lowest BCUT2D eigenvalue weighted by Crippen LogP contribution is -2.31. The van der Waals surface area contributed by atoms with Crippen molar-refractivity contribution in [2.45, 2.75) is 19.2 Å². The maximum absolute atomic E-state index is 12.4. The van der Waals surface area contributed by atoms with E-state index in [0.717, 1.165) is 6.92 Å². The minimum atomic E-state index is -4.45. The van der Waals surface area contributed by atoms with Gasteiger partial charge in [-0.25, -0.2) is 0 Å². The molecule has 0 aliphatic carbocycles. The van der Waals surface area contributed by atoms with E-state index < -0.39 is 12.3 Å². The molecule has 2 rings (SSSR count). The molecule has 7 heteroatoms. The molecule has 0 fully saturated rings. The number of hydrogen-bond donors (Lipinski definition) is 0. The fourth-order valence-electron chi connectivity index (χ4n) is 1.35. The van der Waals surface area contributed by atoms with Crippen LogP contribution in [-0.4, -0.2) is 22.5 Å². The number of rotatable bonds is 2. The van der Waals surface area contributed by atoms with E-state index in [-0.39, 0.29) is 5.88 Å². The summed E-state index contributed by atoms with van der Waals surface area (Å²) in [4.78, 5) is 0. The number of alkyl halides is 3. The lowest BCUT2D eigenvalue weighted by atomic mass is 10.2. The minimum absolute atomic E-state index is 0.158. The highest BCUT2D eigenvalue weighted by atomic mass is 35.5. The van der Waals surface area contributed by atoms with E-state index in [1.807, 2.05) is 0 Å². The summed E-state index contributed by atoms with van der Waals surface area (Å²) in [6.45, 7) is 0.913. The summed E-state index contributed by atoms with van der Waals surface area (Å²) in [5.41, 5.74) is 0. The number of nitrogens with zero attached hydrogens (tertiary/aromatic N) is 2. The maximum Gasteiger partial charge on any atom is 0.425 e. The normalized spacial score (nSPS) is 13.6. The summed E-state index contributed by atoms with van der Waals surface area (Å²) in [5.74, 6) is -0.158. The standard InChI is InChI=1S/C11H8ClF3N2O/c1-6(11(13,14)15)18-10-9-3-2-8(12)4-7(9)5-16-17-10/h2-6H,1H3. The number of aromatic nitrogens is 2. The zero-order valence-corrected chi connectivity index (χ0v) is 9.96. The van der Waals surface area contributed by atoms with E-state index in [1.165, 1.54) is 6.20 Å². The van der Waals surface area contributed by atoms with E-state index in [1.54, 1.807) is 18.2 Å². The van der Waals surface area contributed by atoms with E-state index >= 15 is 0 Å². The molecule has 1 atom stereocenters. The van der Waals surface area contributed by atoms with Crippen molar-refractivity contribution >= 4 is 22.4 Å². The van der Waals surface area contributed by atoms with Crippen molar-refractivity contribution < 1.29 is 17.9 Å². The molecule has 0 bridgehead atoms. The van der Waals surface area contributed by atoms with Crippen molar-refractivity contribution in [3.63, 3.8) is 0 Å². The van der Waals surface area contributed by atoms with Crippen LogP contribution in [0.1, 0.15) is 6.92 Å². The van der Waals surface area contributed by atoms with Crippen molar-refractivity contribution in [1.29, 1.82) is 0 Å². The third-order valence-electron chi connectivity index (χ3n) is 2.34. The summed E-state index contributed by atoms with van der Waals surface area (Å²) in [5, 5.41) is 8.63. The van der Waals surface area contributed by atoms with Crippen LogP contribution in [0.15, 0.2) is 24.4 Å². The molecule has 0 N–H and O–H groups in total. The molecule has 18 heavy (non-hydrogen) atoms. The number of fused-ring (bicyclic) bond motifs is 1. The van der Waals surface area contributed by atoms with Gasteiger partial charge in [0.2, 0.25) is 5.88 Å². The topological polar surface area (TPSA) is 35.0 Å². The van der Waals surface area contributed by atoms with Crippen LogP contribution >= 0.6 is 11.6 Å². The zero-order valence-electron chi connectivity index (χ0n) is 9.20. The molecule has 1 aromatic heterocycles. The van der Waals surface area contributed by atoms with Crippen LogP contribution in [0.3, 0.4) is 0 Å². The Balaban J connectivity index is 2.40. The average molecular weight is 277 g/mol. The lowest BCUT2D eigenvalue weighted by molar-refractivity contribution is -0.189. The van der Waals surface area contributed by atoms with Gasteiger partial charge in [-0.15, -0.1) is 5.10 Å². The molecule has 0 saturated heterocycles. The van der Waals surface area contributed by atoms with Crippen molar-refractivity contribution in [2.24, 2.45) is 0 Å². The Bertz CT molecular complexity index is 574. The molecular formula is C11H8ClF3N2O. The predicted octanol–water partition coefficient (Wildman–Crippen LogP) is 3.61. The summed E-state index contributed by atoms with van der Waals surface area (Å²) in [7, 11) is 0. The molecule has 0 saturated carbocycles. The second-order valence-electron chi connectivity index (χ2n) is 3.68. The molecule has 96 valence electrons. The molecule has 3 nitrogen and oxygen atoms in total. The van der Waals surface area contributed by atoms with Gasteiger partial charge in [-0.2, -0.15) is 18.3 Å². The lowest BCUT2D eigenvalue weighted by Gasteiger charge is -2.17. The van der Waals surface area contributed by atoms with Crippen molar-refractivity contribution in [3.8, 4) is 5.88 Å². The highest BCUT2D eigenvalue weighted by molar-refractivity contribution is 6.31. The number of benzene rings is 1. The van der Waals surface area contributed by atoms with Gasteiger partial charge in [-0.1, -0.05) is 11.6 Å². The third-order valence-corrected chi connectivity index (χ3v) is 2.57. The molecule has 0 amide bonds. The van der Waals surface area contributed by atoms with Crippen LogP contribution in [0.2, 0.25) is 5.02 Å². The van der Waals surface area contributed by atoms with Gasteiger partial charge in [0.25, 0.3) is 0 Å². The summed E-state index contributed by atoms with van der Waals surface area (Å²) in [6.07, 6.45) is -4.99. The number of ether oxygens (including phenoxy) is 1. The van der Waals surface area contributed by atoms with Crippen LogP contribution in [0.4, 0.5) is 13.2 Å². The molecule has 1 aromatic carbocycles. The van der Waals surface area contributed by atoms with Gasteiger partial charge in [-0.05, 0) is 25.1 Å². The highest BCUT2D eigenvalue weighted by Gasteiger charge is 2.38. The molecule has 1 heterocycles. The van der Waals surface area contributed by atoms with E-state index in [2.05, 4.69) is 10.2 Å². The minimum Gasteiger partial charge on any atom is -0.463 e. The Morgan fingerprint density at radius 2 is 2.06 bits per heavy atom. The van der Waals surface area contributed by atoms with Crippen molar-refractivity contribution in [1.82, 2.24) is 10.2 Å². The van der Waals surface area contributed by atoms with Gasteiger partial charge in [-0.3, -0.25) is 0 Å². The van der Waals surface area contributed by atoms with E-state index in [4.69, 9.17) is 16.3 Å². The summed E-state index contributed by atoms with van der Waals surface area (Å²) >= 11 is 5.78. The molecule has 0 aliphatic heterocycles. The molecule has 1 unspecified atom stereocenters. The first kappa shape index (κ1) is 12.9. The van der Waals surface area contributed by atoms with Gasteiger partial charge < -0.3 is 4.74 Å². The molecule has 0 aliphatic rings. The van der Waals surface area contributed by atoms with E-state index in [9.17, 15) is 13.2 Å². The van der Waals surface area contributed by atoms with Gasteiger partial charge in [0.1, 0.15) is 0 Å². The van der Waals surface area contributed by atoms with Crippen LogP contribution in [-0.2, 0) is 0 Å². The van der Waals surface area contributed by atoms with Crippen LogP contribution in [0.5, 0.6) is 5.88 Å². The first-order valence-corrected chi connectivity index (χ1v) is 5.40. The Morgan fingerprint density at radius 3 is 2.72 bits per heavy atom. The first-order chi connectivity index (χ1) is 8.38. The first-order valence-electron chi connectivity index (χ1n) is 5.02. The Labute approximate surface area is 106 Å². The Hall–Kier alpha value is -1.56. The van der Waals surface area contributed by atoms with Crippen molar-refractivity contribution in [3.05, 3.63) is 29.4 Å². The quantitative estimate of drug-likeness (QED) is 0.840. The van der Waals surface area contributed by atoms with Crippen LogP contribution in [0.25, 0.3) is 10.8 Å². The van der Waals surface area contributed by atoms with Gasteiger partial charge in [0.15, 0.2) is 6.10 Å². The van der Waals surface area contributed by atoms with E-state index in [0.29, 0.717) is 15.8 Å². The number of hydrogen-bond acceptors (Lipinski definition) is 3. The molecule has 0 radical (unpaired) electrons. The predicted molar refractivity (Wildman–Crippen MR) is 60.7 cm³/mol. The monoisotopic (exact) mass is 276 g/mol. The zero-order chi connectivity index (χ0) is 13.3. The summed E-state index contributed by atoms with van der Waals surface area (Å²) < 4.78 is 42.0. The second-order valence-corrected chi connectivity index (χ2v) is 4.12. The SMILES string of the molecule is CC(Oc1nncc2cc(Cl)ccc12)C(F)(F)F. The fourth-order valence-corrected chi connectivity index (χ4v) is 1.53. The fraction of sp³-hybridized carbons (Fsp3) is 0.273. The van der Waals surface area contributed by atoms with Gasteiger partial charge in [0.05, 0.1) is 6.20 Å². The largest absolute Gasteiger partial charge is 0.463 e. The summed E-state index contributed by atoms with van der Waals surface area (Å²) in [6, 6.07) is 4.68.